The van der Waals surface area contributed by atoms with Crippen LogP contribution in [0.15, 0.2) is 45.8 Å². The van der Waals surface area contributed by atoms with Crippen LogP contribution in [-0.2, 0) is 11.3 Å². The first-order valence-corrected chi connectivity index (χ1v) is 6.51. The van der Waals surface area contributed by atoms with Crippen LogP contribution in [0.5, 0.6) is 0 Å². The lowest BCUT2D eigenvalue weighted by molar-refractivity contribution is 0.151. The van der Waals surface area contributed by atoms with Gasteiger partial charge in [-0.05, 0) is 18.2 Å². The third kappa shape index (κ3) is 3.76. The zero-order valence-corrected chi connectivity index (χ0v) is 10.5. The van der Waals surface area contributed by atoms with Crippen molar-refractivity contribution in [3.05, 3.63) is 40.8 Å². The number of aromatic nitrogens is 1. The van der Waals surface area contributed by atoms with Crippen LogP contribution in [0.25, 0.3) is 0 Å². The number of thiophene rings is 1. The average molecular weight is 266 g/mol. The molecule has 0 aliphatic rings. The molecule has 0 spiro atoms. The number of rotatable bonds is 4. The average Bonchev–Trinajstić information content (AvgIpc) is 2.75. The first-order chi connectivity index (χ1) is 8.24. The summed E-state index contributed by atoms with van der Waals surface area (Å²) in [6.07, 6.45) is 2.80. The third-order valence-electron chi connectivity index (χ3n) is 1.86. The zero-order chi connectivity index (χ0) is 12.1. The van der Waals surface area contributed by atoms with Crippen LogP contribution in [-0.4, -0.2) is 11.1 Å². The Hall–Kier alpha value is -1.53. The molecule has 2 aromatic rings. The van der Waals surface area contributed by atoms with E-state index < -0.39 is 6.09 Å². The number of hydrogen-bond acceptors (Lipinski definition) is 5. The Balaban J connectivity index is 1.97. The van der Waals surface area contributed by atoms with E-state index in [4.69, 9.17) is 10.5 Å². The predicted molar refractivity (Wildman–Crippen MR) is 67.1 cm³/mol. The van der Waals surface area contributed by atoms with Crippen molar-refractivity contribution in [1.82, 2.24) is 4.98 Å². The summed E-state index contributed by atoms with van der Waals surface area (Å²) in [6.45, 7) is 0.230. The maximum Gasteiger partial charge on any atom is 0.404 e. The minimum atomic E-state index is -0.750. The van der Waals surface area contributed by atoms with Gasteiger partial charge in [0.2, 0.25) is 0 Å². The van der Waals surface area contributed by atoms with Gasteiger partial charge in [0, 0.05) is 32.4 Å². The molecule has 0 bridgehead atoms. The van der Waals surface area contributed by atoms with Crippen LogP contribution < -0.4 is 5.73 Å². The molecule has 2 N–H and O–H groups in total. The van der Waals surface area contributed by atoms with E-state index in [2.05, 4.69) is 4.98 Å². The number of carbonyl (C=O) groups excluding carboxylic acids is 1. The van der Waals surface area contributed by atoms with Crippen molar-refractivity contribution >= 4 is 29.2 Å². The van der Waals surface area contributed by atoms with Crippen molar-refractivity contribution < 1.29 is 9.53 Å². The minimum absolute atomic E-state index is 0.230. The molecular weight excluding hydrogens is 256 g/mol. The van der Waals surface area contributed by atoms with Crippen molar-refractivity contribution in [3.8, 4) is 0 Å². The molecule has 2 aromatic heterocycles. The van der Waals surface area contributed by atoms with Crippen LogP contribution >= 0.6 is 23.1 Å². The molecule has 2 heterocycles. The van der Waals surface area contributed by atoms with Crippen LogP contribution in [0.3, 0.4) is 0 Å². The van der Waals surface area contributed by atoms with Gasteiger partial charge >= 0.3 is 6.09 Å². The fourth-order valence-corrected chi connectivity index (χ4v) is 2.98. The molecule has 6 heteroatoms. The SMILES string of the molecule is NC(=O)OCc1cc(Sc2cccnc2)cs1. The lowest BCUT2D eigenvalue weighted by Crippen LogP contribution is -2.12. The molecule has 0 unspecified atom stereocenters. The molecule has 17 heavy (non-hydrogen) atoms. The summed E-state index contributed by atoms with van der Waals surface area (Å²) >= 11 is 3.16. The summed E-state index contributed by atoms with van der Waals surface area (Å²) in [5, 5.41) is 2.01. The molecule has 0 atom stereocenters. The monoisotopic (exact) mass is 266 g/mol. The highest BCUT2D eigenvalue weighted by Crippen LogP contribution is 2.30. The van der Waals surface area contributed by atoms with E-state index in [-0.39, 0.29) is 6.61 Å². The standard InChI is InChI=1S/C11H10N2O2S2/c12-11(14)15-6-9-4-10(7-16-9)17-8-2-1-3-13-5-8/h1-5,7H,6H2,(H2,12,14). The highest BCUT2D eigenvalue weighted by Gasteiger charge is 2.03. The summed E-state index contributed by atoms with van der Waals surface area (Å²) in [6, 6.07) is 5.87. The number of amides is 1. The van der Waals surface area contributed by atoms with E-state index >= 15 is 0 Å². The van der Waals surface area contributed by atoms with Gasteiger partial charge in [0.05, 0.1) is 0 Å². The molecular formula is C11H10N2O2S2. The summed E-state index contributed by atoms with van der Waals surface area (Å²) in [5.74, 6) is 0. The Labute approximate surface area is 107 Å². The predicted octanol–water partition coefficient (Wildman–Crippen LogP) is 2.89. The van der Waals surface area contributed by atoms with Gasteiger partial charge < -0.3 is 10.5 Å². The zero-order valence-electron chi connectivity index (χ0n) is 8.83. The second-order valence-corrected chi connectivity index (χ2v) is 5.29. The van der Waals surface area contributed by atoms with Gasteiger partial charge in [-0.1, -0.05) is 11.8 Å². The van der Waals surface area contributed by atoms with Crippen molar-refractivity contribution in [1.29, 1.82) is 0 Å². The highest BCUT2D eigenvalue weighted by atomic mass is 32.2. The van der Waals surface area contributed by atoms with Crippen molar-refractivity contribution in [2.75, 3.05) is 0 Å². The Morgan fingerprint density at radius 2 is 2.41 bits per heavy atom. The van der Waals surface area contributed by atoms with Crippen molar-refractivity contribution in [3.63, 3.8) is 0 Å². The van der Waals surface area contributed by atoms with Gasteiger partial charge in [0.15, 0.2) is 0 Å². The molecule has 1 amide bonds. The smallest absolute Gasteiger partial charge is 0.404 e. The van der Waals surface area contributed by atoms with Gasteiger partial charge in [-0.3, -0.25) is 4.98 Å². The van der Waals surface area contributed by atoms with E-state index in [0.29, 0.717) is 0 Å². The van der Waals surface area contributed by atoms with Crippen LogP contribution in [0.4, 0.5) is 4.79 Å². The molecule has 2 rings (SSSR count). The van der Waals surface area contributed by atoms with Crippen molar-refractivity contribution in [2.45, 2.75) is 16.4 Å². The number of pyridine rings is 1. The number of nitrogens with two attached hydrogens (primary N) is 1. The van der Waals surface area contributed by atoms with Gasteiger partial charge in [0.25, 0.3) is 0 Å². The number of carbonyl (C=O) groups is 1. The lowest BCUT2D eigenvalue weighted by atomic mass is 10.5. The maximum absolute atomic E-state index is 10.5. The number of primary amides is 1. The summed E-state index contributed by atoms with van der Waals surface area (Å²) in [7, 11) is 0. The number of nitrogens with zero attached hydrogens (tertiary/aromatic N) is 1. The summed E-state index contributed by atoms with van der Waals surface area (Å²) in [5.41, 5.74) is 4.90. The quantitative estimate of drug-likeness (QED) is 0.924. The number of ether oxygens (including phenoxy) is 1. The molecule has 88 valence electrons. The number of hydrogen-bond donors (Lipinski definition) is 1. The molecule has 0 aliphatic heterocycles. The van der Waals surface area contributed by atoms with Gasteiger partial charge in [0.1, 0.15) is 6.61 Å². The van der Waals surface area contributed by atoms with E-state index in [1.165, 1.54) is 11.3 Å². The molecule has 4 nitrogen and oxygen atoms in total. The third-order valence-corrected chi connectivity index (χ3v) is 3.86. The van der Waals surface area contributed by atoms with Gasteiger partial charge in [-0.2, -0.15) is 0 Å². The van der Waals surface area contributed by atoms with E-state index in [0.717, 1.165) is 14.7 Å². The molecule has 0 saturated carbocycles. The first-order valence-electron chi connectivity index (χ1n) is 4.81. The topological polar surface area (TPSA) is 65.2 Å². The Kier molecular flexibility index (Phi) is 4.00. The second-order valence-electron chi connectivity index (χ2n) is 3.15. The molecule has 0 saturated heterocycles. The Bertz CT molecular complexity index is 499. The molecule has 0 aromatic carbocycles. The highest BCUT2D eigenvalue weighted by molar-refractivity contribution is 7.99. The summed E-state index contributed by atoms with van der Waals surface area (Å²) < 4.78 is 4.72. The first kappa shape index (κ1) is 11.9. The van der Waals surface area contributed by atoms with Crippen molar-refractivity contribution in [2.24, 2.45) is 5.73 Å². The molecule has 0 aliphatic carbocycles. The van der Waals surface area contributed by atoms with Gasteiger partial charge in [-0.15, -0.1) is 11.3 Å². The van der Waals surface area contributed by atoms with E-state index in [1.54, 1.807) is 18.0 Å². The van der Waals surface area contributed by atoms with Gasteiger partial charge in [-0.25, -0.2) is 4.79 Å². The summed E-state index contributed by atoms with van der Waals surface area (Å²) in [4.78, 5) is 17.7. The minimum Gasteiger partial charge on any atom is -0.444 e. The Morgan fingerprint density at radius 3 is 3.12 bits per heavy atom. The maximum atomic E-state index is 10.5. The second kappa shape index (κ2) is 5.70. The van der Waals surface area contributed by atoms with E-state index in [1.807, 2.05) is 29.8 Å². The molecule has 0 radical (unpaired) electrons. The normalized spacial score (nSPS) is 10.1. The Morgan fingerprint density at radius 1 is 1.53 bits per heavy atom. The fraction of sp³-hybridized carbons (Fsp3) is 0.0909. The van der Waals surface area contributed by atoms with E-state index in [9.17, 15) is 4.79 Å². The van der Waals surface area contributed by atoms with Crippen LogP contribution in [0.1, 0.15) is 4.88 Å². The largest absolute Gasteiger partial charge is 0.444 e. The molecule has 0 fully saturated rings. The fourth-order valence-electron chi connectivity index (χ4n) is 1.18. The van der Waals surface area contributed by atoms with Crippen LogP contribution in [0, 0.1) is 0 Å². The lowest BCUT2D eigenvalue weighted by Gasteiger charge is -1.97. The van der Waals surface area contributed by atoms with Crippen LogP contribution in [0.2, 0.25) is 0 Å².